The van der Waals surface area contributed by atoms with Crippen LogP contribution in [0.15, 0.2) is 24.4 Å². The Balaban J connectivity index is 2.45. The maximum Gasteiger partial charge on any atom is 0.119 e. The molecule has 0 bridgehead atoms. The molecule has 0 amide bonds. The van der Waals surface area contributed by atoms with E-state index in [1.165, 1.54) is 0 Å². The van der Waals surface area contributed by atoms with Crippen molar-refractivity contribution in [3.05, 3.63) is 30.0 Å². The number of aromatic amines is 1. The van der Waals surface area contributed by atoms with Gasteiger partial charge >= 0.3 is 0 Å². The first-order valence-corrected chi connectivity index (χ1v) is 5.27. The average molecular weight is 220 g/mol. The van der Waals surface area contributed by atoms with Crippen molar-refractivity contribution < 1.29 is 9.84 Å². The van der Waals surface area contributed by atoms with Gasteiger partial charge in [-0.15, -0.1) is 0 Å². The van der Waals surface area contributed by atoms with E-state index in [-0.39, 0.29) is 12.6 Å². The van der Waals surface area contributed by atoms with Crippen LogP contribution in [0.2, 0.25) is 0 Å². The molecule has 86 valence electrons. The molecule has 0 aliphatic rings. The van der Waals surface area contributed by atoms with Crippen molar-refractivity contribution in [1.29, 1.82) is 0 Å². The topological polar surface area (TPSA) is 71.3 Å². The highest BCUT2D eigenvalue weighted by Gasteiger charge is 2.11. The van der Waals surface area contributed by atoms with Gasteiger partial charge in [0.25, 0.3) is 0 Å². The summed E-state index contributed by atoms with van der Waals surface area (Å²) in [6.45, 7) is 0.0950. The standard InChI is InChI=1S/C12H16N2O2/c1-16-8-2-3-12-9(6-8)10(7-14-12)11(13)4-5-15/h2-3,6-7,11,14-15H,4-5,13H2,1H3/t11-/m1/s1. The van der Waals surface area contributed by atoms with Crippen LogP contribution in [0.4, 0.5) is 0 Å². The molecular weight excluding hydrogens is 204 g/mol. The van der Waals surface area contributed by atoms with E-state index in [0.717, 1.165) is 22.2 Å². The molecule has 1 aromatic carbocycles. The van der Waals surface area contributed by atoms with E-state index in [0.29, 0.717) is 6.42 Å². The van der Waals surface area contributed by atoms with Gasteiger partial charge in [-0.1, -0.05) is 0 Å². The molecule has 0 radical (unpaired) electrons. The Kier molecular flexibility index (Phi) is 3.12. The van der Waals surface area contributed by atoms with E-state index < -0.39 is 0 Å². The van der Waals surface area contributed by atoms with Gasteiger partial charge in [0.15, 0.2) is 0 Å². The quantitative estimate of drug-likeness (QED) is 0.732. The molecule has 16 heavy (non-hydrogen) atoms. The number of aromatic nitrogens is 1. The number of hydrogen-bond donors (Lipinski definition) is 3. The molecule has 0 saturated heterocycles. The molecule has 0 saturated carbocycles. The number of rotatable bonds is 4. The Morgan fingerprint density at radius 1 is 1.50 bits per heavy atom. The first kappa shape index (κ1) is 11.0. The van der Waals surface area contributed by atoms with Crippen LogP contribution in [-0.4, -0.2) is 23.8 Å². The first-order valence-electron chi connectivity index (χ1n) is 5.27. The van der Waals surface area contributed by atoms with Crippen LogP contribution >= 0.6 is 0 Å². The zero-order chi connectivity index (χ0) is 11.5. The number of aliphatic hydroxyl groups is 1. The van der Waals surface area contributed by atoms with Gasteiger partial charge in [0.05, 0.1) is 7.11 Å². The number of nitrogens with one attached hydrogen (secondary N) is 1. The summed E-state index contributed by atoms with van der Waals surface area (Å²) in [7, 11) is 1.64. The van der Waals surface area contributed by atoms with Crippen molar-refractivity contribution in [3.63, 3.8) is 0 Å². The lowest BCUT2D eigenvalue weighted by Gasteiger charge is -2.08. The number of aliphatic hydroxyl groups excluding tert-OH is 1. The van der Waals surface area contributed by atoms with Gasteiger partial charge in [-0.05, 0) is 30.2 Å². The number of benzene rings is 1. The van der Waals surface area contributed by atoms with Crippen molar-refractivity contribution in [2.24, 2.45) is 5.73 Å². The van der Waals surface area contributed by atoms with E-state index in [1.807, 2.05) is 24.4 Å². The summed E-state index contributed by atoms with van der Waals surface area (Å²) in [4.78, 5) is 3.16. The minimum Gasteiger partial charge on any atom is -0.497 e. The zero-order valence-electron chi connectivity index (χ0n) is 9.23. The summed E-state index contributed by atoms with van der Waals surface area (Å²) < 4.78 is 5.18. The lowest BCUT2D eigenvalue weighted by molar-refractivity contribution is 0.277. The molecule has 0 spiro atoms. The van der Waals surface area contributed by atoms with Gasteiger partial charge in [-0.2, -0.15) is 0 Å². The molecule has 0 aliphatic carbocycles. The molecule has 2 rings (SSSR count). The lowest BCUT2D eigenvalue weighted by Crippen LogP contribution is -2.11. The van der Waals surface area contributed by atoms with Crippen LogP contribution in [0.3, 0.4) is 0 Å². The summed E-state index contributed by atoms with van der Waals surface area (Å²) in [5.41, 5.74) is 8.04. The van der Waals surface area contributed by atoms with Crippen LogP contribution in [0.5, 0.6) is 5.75 Å². The van der Waals surface area contributed by atoms with Gasteiger partial charge in [0, 0.05) is 29.7 Å². The predicted octanol–water partition coefficient (Wildman–Crippen LogP) is 1.56. The molecule has 0 aliphatic heterocycles. The number of ether oxygens (including phenoxy) is 1. The summed E-state index contributed by atoms with van der Waals surface area (Å²) in [6, 6.07) is 5.67. The molecule has 4 N–H and O–H groups in total. The third kappa shape index (κ3) is 1.89. The summed E-state index contributed by atoms with van der Waals surface area (Å²) in [5.74, 6) is 0.810. The zero-order valence-corrected chi connectivity index (χ0v) is 9.23. The van der Waals surface area contributed by atoms with E-state index in [4.69, 9.17) is 15.6 Å². The lowest BCUT2D eigenvalue weighted by atomic mass is 10.0. The predicted molar refractivity (Wildman–Crippen MR) is 63.5 cm³/mol. The van der Waals surface area contributed by atoms with Crippen molar-refractivity contribution in [1.82, 2.24) is 4.98 Å². The summed E-state index contributed by atoms with van der Waals surface area (Å²) in [6.07, 6.45) is 2.45. The Labute approximate surface area is 94.0 Å². The Morgan fingerprint density at radius 3 is 3.00 bits per heavy atom. The first-order chi connectivity index (χ1) is 7.76. The second-order valence-electron chi connectivity index (χ2n) is 3.77. The molecule has 4 nitrogen and oxygen atoms in total. The van der Waals surface area contributed by atoms with Crippen molar-refractivity contribution >= 4 is 10.9 Å². The monoisotopic (exact) mass is 220 g/mol. The van der Waals surface area contributed by atoms with Gasteiger partial charge in [-0.3, -0.25) is 0 Å². The van der Waals surface area contributed by atoms with Crippen LogP contribution in [0.1, 0.15) is 18.0 Å². The fraction of sp³-hybridized carbons (Fsp3) is 0.333. The highest BCUT2D eigenvalue weighted by molar-refractivity contribution is 5.85. The van der Waals surface area contributed by atoms with Gasteiger partial charge in [0.2, 0.25) is 0 Å². The number of methoxy groups -OCH3 is 1. The highest BCUT2D eigenvalue weighted by atomic mass is 16.5. The van der Waals surface area contributed by atoms with Gasteiger partial charge in [0.1, 0.15) is 5.75 Å². The molecule has 1 aromatic heterocycles. The molecular formula is C12H16N2O2. The second kappa shape index (κ2) is 4.55. The SMILES string of the molecule is COc1ccc2[nH]cc([C@H](N)CCO)c2c1. The Hall–Kier alpha value is -1.52. The fourth-order valence-electron chi connectivity index (χ4n) is 1.85. The van der Waals surface area contributed by atoms with E-state index >= 15 is 0 Å². The van der Waals surface area contributed by atoms with Crippen molar-refractivity contribution in [2.75, 3.05) is 13.7 Å². The van der Waals surface area contributed by atoms with E-state index in [9.17, 15) is 0 Å². The molecule has 1 atom stereocenters. The Bertz CT molecular complexity index is 479. The minimum atomic E-state index is -0.147. The Morgan fingerprint density at radius 2 is 2.31 bits per heavy atom. The maximum absolute atomic E-state index is 8.89. The van der Waals surface area contributed by atoms with E-state index in [2.05, 4.69) is 4.98 Å². The van der Waals surface area contributed by atoms with Crippen LogP contribution in [0, 0.1) is 0 Å². The molecule has 4 heteroatoms. The molecule has 0 unspecified atom stereocenters. The number of H-pyrrole nitrogens is 1. The van der Waals surface area contributed by atoms with Crippen LogP contribution in [-0.2, 0) is 0 Å². The smallest absolute Gasteiger partial charge is 0.119 e. The maximum atomic E-state index is 8.89. The molecule has 2 aromatic rings. The van der Waals surface area contributed by atoms with Crippen molar-refractivity contribution in [2.45, 2.75) is 12.5 Å². The largest absolute Gasteiger partial charge is 0.497 e. The molecule has 1 heterocycles. The summed E-state index contributed by atoms with van der Waals surface area (Å²) in [5, 5.41) is 9.95. The third-order valence-electron chi connectivity index (χ3n) is 2.76. The minimum absolute atomic E-state index is 0.0950. The second-order valence-corrected chi connectivity index (χ2v) is 3.77. The highest BCUT2D eigenvalue weighted by Crippen LogP contribution is 2.27. The number of hydrogen-bond acceptors (Lipinski definition) is 3. The average Bonchev–Trinajstić information content (AvgIpc) is 2.71. The third-order valence-corrected chi connectivity index (χ3v) is 2.76. The van der Waals surface area contributed by atoms with Gasteiger partial charge in [-0.25, -0.2) is 0 Å². The normalized spacial score (nSPS) is 12.9. The van der Waals surface area contributed by atoms with Crippen LogP contribution in [0.25, 0.3) is 10.9 Å². The fourth-order valence-corrected chi connectivity index (χ4v) is 1.85. The van der Waals surface area contributed by atoms with Crippen LogP contribution < -0.4 is 10.5 Å². The number of fused-ring (bicyclic) bond motifs is 1. The van der Waals surface area contributed by atoms with E-state index in [1.54, 1.807) is 7.11 Å². The van der Waals surface area contributed by atoms with Crippen molar-refractivity contribution in [3.8, 4) is 5.75 Å². The summed E-state index contributed by atoms with van der Waals surface area (Å²) >= 11 is 0. The molecule has 0 fully saturated rings. The van der Waals surface area contributed by atoms with Gasteiger partial charge < -0.3 is 20.6 Å². The number of nitrogens with two attached hydrogens (primary N) is 1.